The fraction of sp³-hybridized carbons (Fsp3) is 0.150. The van der Waals surface area contributed by atoms with E-state index >= 15 is 0 Å². The largest absolute Gasteiger partial charge is 0.351 e. The van der Waals surface area contributed by atoms with Crippen LogP contribution >= 0.6 is 0 Å². The van der Waals surface area contributed by atoms with Crippen molar-refractivity contribution < 1.29 is 13.6 Å². The van der Waals surface area contributed by atoms with Crippen LogP contribution in [0.15, 0.2) is 60.7 Å². The summed E-state index contributed by atoms with van der Waals surface area (Å²) in [4.78, 5) is 14.2. The third kappa shape index (κ3) is 4.44. The molecule has 0 aliphatic heterocycles. The number of benzene rings is 2. The number of carbonyl (C=O) groups is 1. The lowest BCUT2D eigenvalue weighted by atomic mass is 10.2. The molecule has 0 atom stereocenters. The van der Waals surface area contributed by atoms with E-state index < -0.39 is 23.2 Å². The number of nitrogens with one attached hydrogen (secondary N) is 1. The van der Waals surface area contributed by atoms with Crippen molar-refractivity contribution in [1.82, 2.24) is 10.2 Å². The van der Waals surface area contributed by atoms with Gasteiger partial charge in [-0.25, -0.2) is 8.78 Å². The molecule has 0 saturated heterocycles. The molecule has 1 amide bonds. The first-order valence-corrected chi connectivity index (χ1v) is 8.46. The van der Waals surface area contributed by atoms with Crippen LogP contribution in [0.2, 0.25) is 0 Å². The van der Waals surface area contributed by atoms with Gasteiger partial charge >= 0.3 is 0 Å². The summed E-state index contributed by atoms with van der Waals surface area (Å²) in [6.45, 7) is 3.35. The van der Waals surface area contributed by atoms with E-state index in [4.69, 9.17) is 0 Å². The lowest BCUT2D eigenvalue weighted by Crippen LogP contribution is -2.24. The average molecular weight is 368 g/mol. The van der Waals surface area contributed by atoms with Crippen LogP contribution in [0.5, 0.6) is 0 Å². The Hall–Kier alpha value is -3.35. The molecule has 0 radical (unpaired) electrons. The third-order valence-corrected chi connectivity index (χ3v) is 4.01. The van der Waals surface area contributed by atoms with E-state index in [9.17, 15) is 13.6 Å². The predicted molar refractivity (Wildman–Crippen MR) is 99.5 cm³/mol. The number of aromatic nitrogens is 2. The highest BCUT2D eigenvalue weighted by atomic mass is 19.1. The van der Waals surface area contributed by atoms with Crippen molar-refractivity contribution in [3.63, 3.8) is 0 Å². The first kappa shape index (κ1) is 18.4. The number of hydrogen-bond acceptors (Lipinski definition) is 4. The maximum Gasteiger partial charge on any atom is 0.276 e. The SMILES string of the molecule is CCN(Cc1ccccc1)c1ccc(C(=O)Nc2c(F)cccc2F)nn1. The molecule has 0 fully saturated rings. The second-order valence-corrected chi connectivity index (χ2v) is 5.83. The normalized spacial score (nSPS) is 10.5. The van der Waals surface area contributed by atoms with Gasteiger partial charge in [0.15, 0.2) is 11.5 Å². The maximum absolute atomic E-state index is 13.7. The van der Waals surface area contributed by atoms with E-state index in [1.807, 2.05) is 42.2 Å². The zero-order valence-electron chi connectivity index (χ0n) is 14.7. The Bertz CT molecular complexity index is 897. The van der Waals surface area contributed by atoms with Gasteiger partial charge in [0, 0.05) is 13.1 Å². The van der Waals surface area contributed by atoms with E-state index in [0.717, 1.165) is 17.7 Å². The minimum absolute atomic E-state index is 0.0304. The number of hydrogen-bond donors (Lipinski definition) is 1. The molecular formula is C20H18F2N4O. The highest BCUT2D eigenvalue weighted by Crippen LogP contribution is 2.19. The van der Waals surface area contributed by atoms with Gasteiger partial charge in [-0.15, -0.1) is 10.2 Å². The number of para-hydroxylation sites is 1. The van der Waals surface area contributed by atoms with Crippen molar-refractivity contribution in [3.05, 3.63) is 83.6 Å². The van der Waals surface area contributed by atoms with Crippen molar-refractivity contribution in [1.29, 1.82) is 0 Å². The van der Waals surface area contributed by atoms with Crippen molar-refractivity contribution in [3.8, 4) is 0 Å². The predicted octanol–water partition coefficient (Wildman–Crippen LogP) is 4.03. The highest BCUT2D eigenvalue weighted by Gasteiger charge is 2.16. The van der Waals surface area contributed by atoms with Gasteiger partial charge in [0.1, 0.15) is 17.3 Å². The molecule has 3 aromatic rings. The number of nitrogens with zero attached hydrogens (tertiary/aromatic N) is 3. The fourth-order valence-electron chi connectivity index (χ4n) is 2.57. The summed E-state index contributed by atoms with van der Waals surface area (Å²) in [5.74, 6) is -1.83. The van der Waals surface area contributed by atoms with Crippen molar-refractivity contribution >= 4 is 17.4 Å². The second-order valence-electron chi connectivity index (χ2n) is 5.83. The topological polar surface area (TPSA) is 58.1 Å². The number of anilines is 2. The van der Waals surface area contributed by atoms with Crippen LogP contribution in [-0.4, -0.2) is 22.6 Å². The first-order chi connectivity index (χ1) is 13.1. The summed E-state index contributed by atoms with van der Waals surface area (Å²) < 4.78 is 27.3. The van der Waals surface area contributed by atoms with Crippen LogP contribution in [0.3, 0.4) is 0 Å². The summed E-state index contributed by atoms with van der Waals surface area (Å²) in [5.41, 5.74) is 0.586. The van der Waals surface area contributed by atoms with Crippen LogP contribution in [0.1, 0.15) is 23.0 Å². The Kier molecular flexibility index (Phi) is 5.71. The molecule has 0 bridgehead atoms. The summed E-state index contributed by atoms with van der Waals surface area (Å²) in [6.07, 6.45) is 0. The molecule has 0 aliphatic rings. The molecule has 0 saturated carbocycles. The van der Waals surface area contributed by atoms with Gasteiger partial charge < -0.3 is 10.2 Å². The molecule has 7 heteroatoms. The Labute approximate surface area is 155 Å². The summed E-state index contributed by atoms with van der Waals surface area (Å²) in [6, 6.07) is 16.4. The van der Waals surface area contributed by atoms with Crippen molar-refractivity contribution in [2.24, 2.45) is 0 Å². The molecule has 1 N–H and O–H groups in total. The molecule has 0 aliphatic carbocycles. The number of rotatable bonds is 6. The molecule has 27 heavy (non-hydrogen) atoms. The molecule has 1 heterocycles. The van der Waals surface area contributed by atoms with E-state index in [-0.39, 0.29) is 5.69 Å². The van der Waals surface area contributed by atoms with Crippen molar-refractivity contribution in [2.45, 2.75) is 13.5 Å². The van der Waals surface area contributed by atoms with Gasteiger partial charge in [0.05, 0.1) is 0 Å². The molecule has 0 spiro atoms. The fourth-order valence-corrected chi connectivity index (χ4v) is 2.57. The number of halogens is 2. The zero-order valence-corrected chi connectivity index (χ0v) is 14.7. The van der Waals surface area contributed by atoms with E-state index in [0.29, 0.717) is 18.9 Å². The van der Waals surface area contributed by atoms with E-state index in [1.165, 1.54) is 12.1 Å². The lowest BCUT2D eigenvalue weighted by molar-refractivity contribution is 0.102. The quantitative estimate of drug-likeness (QED) is 0.714. The smallest absolute Gasteiger partial charge is 0.276 e. The maximum atomic E-state index is 13.7. The molecule has 5 nitrogen and oxygen atoms in total. The lowest BCUT2D eigenvalue weighted by Gasteiger charge is -2.21. The molecule has 1 aromatic heterocycles. The van der Waals surface area contributed by atoms with E-state index in [1.54, 1.807) is 6.07 Å². The minimum atomic E-state index is -0.854. The van der Waals surface area contributed by atoms with Crippen LogP contribution in [0.4, 0.5) is 20.3 Å². The van der Waals surface area contributed by atoms with Crippen LogP contribution in [-0.2, 0) is 6.54 Å². The summed E-state index contributed by atoms with van der Waals surface area (Å²) in [7, 11) is 0. The molecular weight excluding hydrogens is 350 g/mol. The number of amides is 1. The van der Waals surface area contributed by atoms with Crippen LogP contribution in [0.25, 0.3) is 0 Å². The van der Waals surface area contributed by atoms with Crippen LogP contribution < -0.4 is 10.2 Å². The van der Waals surface area contributed by atoms with Gasteiger partial charge in [-0.3, -0.25) is 4.79 Å². The van der Waals surface area contributed by atoms with Crippen LogP contribution in [0, 0.1) is 11.6 Å². The summed E-state index contributed by atoms with van der Waals surface area (Å²) >= 11 is 0. The monoisotopic (exact) mass is 368 g/mol. The standard InChI is InChI=1S/C20H18F2N4O/c1-2-26(13-14-7-4-3-5-8-14)18-12-11-17(24-25-18)20(27)23-19-15(21)9-6-10-16(19)22/h3-12H,2,13H2,1H3,(H,23,27). The average Bonchev–Trinajstić information content (AvgIpc) is 2.70. The summed E-state index contributed by atoms with van der Waals surface area (Å²) in [5, 5.41) is 10.2. The molecule has 138 valence electrons. The second kappa shape index (κ2) is 8.35. The van der Waals surface area contributed by atoms with Gasteiger partial charge in [0.2, 0.25) is 0 Å². The van der Waals surface area contributed by atoms with Gasteiger partial charge in [0.25, 0.3) is 5.91 Å². The Morgan fingerprint density at radius 1 is 0.963 bits per heavy atom. The first-order valence-electron chi connectivity index (χ1n) is 8.46. The van der Waals surface area contributed by atoms with Gasteiger partial charge in [-0.05, 0) is 36.8 Å². The Morgan fingerprint density at radius 3 is 2.26 bits per heavy atom. The van der Waals surface area contributed by atoms with Crippen molar-refractivity contribution in [2.75, 3.05) is 16.8 Å². The molecule has 0 unspecified atom stereocenters. The third-order valence-electron chi connectivity index (χ3n) is 4.01. The van der Waals surface area contributed by atoms with Gasteiger partial charge in [-0.2, -0.15) is 0 Å². The van der Waals surface area contributed by atoms with E-state index in [2.05, 4.69) is 15.5 Å². The Morgan fingerprint density at radius 2 is 1.67 bits per heavy atom. The highest BCUT2D eigenvalue weighted by molar-refractivity contribution is 6.02. The molecule has 3 rings (SSSR count). The zero-order chi connectivity index (χ0) is 19.2. The van der Waals surface area contributed by atoms with Gasteiger partial charge in [-0.1, -0.05) is 36.4 Å². The number of carbonyl (C=O) groups excluding carboxylic acids is 1. The molecule has 2 aromatic carbocycles. The minimum Gasteiger partial charge on any atom is -0.351 e. The Balaban J connectivity index is 1.73.